The standard InChI is InChI=1S/C23H21NO3/c1-3-24-18-8-6-10-20-22(18)21(17-7-4-5-9-19(17)27-20)15-11-13-16(14-12-15)23(25)26-2/h4-14,21,24H,3H2,1-2H3. The van der Waals surface area contributed by atoms with Crippen LogP contribution in [0.5, 0.6) is 11.5 Å². The number of esters is 1. The van der Waals surface area contributed by atoms with Gasteiger partial charge in [0.1, 0.15) is 11.5 Å². The highest BCUT2D eigenvalue weighted by molar-refractivity contribution is 5.89. The van der Waals surface area contributed by atoms with E-state index in [1.807, 2.05) is 54.6 Å². The van der Waals surface area contributed by atoms with Gasteiger partial charge in [0.05, 0.1) is 12.7 Å². The maximum atomic E-state index is 11.8. The highest BCUT2D eigenvalue weighted by Gasteiger charge is 2.30. The van der Waals surface area contributed by atoms with Crippen LogP contribution in [-0.4, -0.2) is 19.6 Å². The van der Waals surface area contributed by atoms with Crippen molar-refractivity contribution in [1.82, 2.24) is 0 Å². The Kier molecular flexibility index (Phi) is 4.55. The van der Waals surface area contributed by atoms with Gasteiger partial charge in [0.2, 0.25) is 0 Å². The van der Waals surface area contributed by atoms with E-state index >= 15 is 0 Å². The minimum absolute atomic E-state index is 0.0203. The van der Waals surface area contributed by atoms with Gasteiger partial charge >= 0.3 is 5.97 Å². The quantitative estimate of drug-likeness (QED) is 0.509. The number of para-hydroxylation sites is 1. The lowest BCUT2D eigenvalue weighted by molar-refractivity contribution is 0.0600. The number of hydrogen-bond donors (Lipinski definition) is 1. The summed E-state index contributed by atoms with van der Waals surface area (Å²) in [6.07, 6.45) is 0. The number of nitrogens with one attached hydrogen (secondary N) is 1. The van der Waals surface area contributed by atoms with Gasteiger partial charge in [0.25, 0.3) is 0 Å². The smallest absolute Gasteiger partial charge is 0.337 e. The molecule has 27 heavy (non-hydrogen) atoms. The molecule has 0 saturated heterocycles. The third kappa shape index (κ3) is 3.04. The number of carbonyl (C=O) groups excluding carboxylic acids is 1. The molecule has 0 saturated carbocycles. The lowest BCUT2D eigenvalue weighted by Gasteiger charge is -2.30. The van der Waals surface area contributed by atoms with Gasteiger partial charge in [-0.15, -0.1) is 0 Å². The largest absolute Gasteiger partial charge is 0.465 e. The van der Waals surface area contributed by atoms with Crippen molar-refractivity contribution in [1.29, 1.82) is 0 Å². The number of anilines is 1. The van der Waals surface area contributed by atoms with Crippen molar-refractivity contribution < 1.29 is 14.3 Å². The third-order valence-electron chi connectivity index (χ3n) is 4.84. The summed E-state index contributed by atoms with van der Waals surface area (Å²) < 4.78 is 11.0. The van der Waals surface area contributed by atoms with Crippen LogP contribution in [0.1, 0.15) is 39.9 Å². The molecule has 0 bridgehead atoms. The number of carbonyl (C=O) groups is 1. The molecule has 1 N–H and O–H groups in total. The third-order valence-corrected chi connectivity index (χ3v) is 4.84. The second-order valence-corrected chi connectivity index (χ2v) is 6.43. The van der Waals surface area contributed by atoms with Crippen LogP contribution in [0.3, 0.4) is 0 Å². The molecule has 0 spiro atoms. The van der Waals surface area contributed by atoms with Crippen LogP contribution in [-0.2, 0) is 4.74 Å². The highest BCUT2D eigenvalue weighted by Crippen LogP contribution is 2.49. The zero-order valence-electron chi connectivity index (χ0n) is 15.4. The number of rotatable bonds is 4. The highest BCUT2D eigenvalue weighted by atomic mass is 16.5. The Balaban J connectivity index is 1.88. The van der Waals surface area contributed by atoms with Gasteiger partial charge in [0, 0.05) is 29.3 Å². The van der Waals surface area contributed by atoms with Crippen molar-refractivity contribution in [3.8, 4) is 11.5 Å². The average molecular weight is 359 g/mol. The Labute approximate surface area is 158 Å². The molecule has 4 nitrogen and oxygen atoms in total. The van der Waals surface area contributed by atoms with Gasteiger partial charge in [-0.05, 0) is 42.8 Å². The van der Waals surface area contributed by atoms with E-state index in [1.54, 1.807) is 0 Å². The van der Waals surface area contributed by atoms with Crippen molar-refractivity contribution in [2.24, 2.45) is 0 Å². The Bertz CT molecular complexity index is 979. The van der Waals surface area contributed by atoms with Crippen molar-refractivity contribution >= 4 is 11.7 Å². The van der Waals surface area contributed by atoms with Gasteiger partial charge in [-0.1, -0.05) is 36.4 Å². The maximum absolute atomic E-state index is 11.8. The molecular weight excluding hydrogens is 338 g/mol. The molecule has 1 heterocycles. The van der Waals surface area contributed by atoms with E-state index in [2.05, 4.69) is 24.4 Å². The predicted molar refractivity (Wildman–Crippen MR) is 106 cm³/mol. The Morgan fingerprint density at radius 2 is 1.74 bits per heavy atom. The van der Waals surface area contributed by atoms with Gasteiger partial charge < -0.3 is 14.8 Å². The molecule has 1 unspecified atom stereocenters. The average Bonchev–Trinajstić information content (AvgIpc) is 2.72. The first-order valence-corrected chi connectivity index (χ1v) is 9.04. The first-order chi connectivity index (χ1) is 13.2. The van der Waals surface area contributed by atoms with E-state index in [0.717, 1.165) is 40.4 Å². The minimum Gasteiger partial charge on any atom is -0.465 e. The van der Waals surface area contributed by atoms with Crippen LogP contribution in [0.4, 0.5) is 5.69 Å². The van der Waals surface area contributed by atoms with E-state index < -0.39 is 0 Å². The van der Waals surface area contributed by atoms with Crippen molar-refractivity contribution in [3.63, 3.8) is 0 Å². The first-order valence-electron chi connectivity index (χ1n) is 9.04. The summed E-state index contributed by atoms with van der Waals surface area (Å²) in [4.78, 5) is 11.8. The molecule has 136 valence electrons. The zero-order chi connectivity index (χ0) is 18.8. The molecular formula is C23H21NO3. The summed E-state index contributed by atoms with van der Waals surface area (Å²) in [7, 11) is 1.39. The topological polar surface area (TPSA) is 47.6 Å². The Morgan fingerprint density at radius 3 is 2.48 bits per heavy atom. The fraction of sp³-hybridized carbons (Fsp3) is 0.174. The second kappa shape index (κ2) is 7.16. The Hall–Kier alpha value is -3.27. The van der Waals surface area contributed by atoms with Crippen LogP contribution in [0, 0.1) is 0 Å². The van der Waals surface area contributed by atoms with E-state index in [9.17, 15) is 4.79 Å². The van der Waals surface area contributed by atoms with Crippen molar-refractivity contribution in [3.05, 3.63) is 89.0 Å². The summed E-state index contributed by atoms with van der Waals surface area (Å²) >= 11 is 0. The first kappa shape index (κ1) is 17.2. The molecule has 1 aliphatic heterocycles. The SMILES string of the molecule is CCNc1cccc2c1C(c1ccc(C(=O)OC)cc1)c1ccccc1O2. The van der Waals surface area contributed by atoms with Crippen LogP contribution in [0.25, 0.3) is 0 Å². The van der Waals surface area contributed by atoms with Gasteiger partial charge in [-0.3, -0.25) is 0 Å². The molecule has 1 atom stereocenters. The molecule has 4 heteroatoms. The zero-order valence-corrected chi connectivity index (χ0v) is 15.4. The lowest BCUT2D eigenvalue weighted by Crippen LogP contribution is -2.14. The van der Waals surface area contributed by atoms with E-state index in [1.165, 1.54) is 7.11 Å². The Morgan fingerprint density at radius 1 is 1.00 bits per heavy atom. The van der Waals surface area contributed by atoms with Gasteiger partial charge in [-0.25, -0.2) is 4.79 Å². The van der Waals surface area contributed by atoms with Crippen molar-refractivity contribution in [2.45, 2.75) is 12.8 Å². The molecule has 1 aliphatic rings. The number of ether oxygens (including phenoxy) is 2. The summed E-state index contributed by atoms with van der Waals surface area (Å²) in [5.74, 6) is 1.41. The molecule has 0 aliphatic carbocycles. The predicted octanol–water partition coefficient (Wildman–Crippen LogP) is 5.19. The molecule has 0 amide bonds. The molecule has 4 rings (SSSR count). The normalized spacial score (nSPS) is 14.5. The van der Waals surface area contributed by atoms with E-state index in [-0.39, 0.29) is 11.9 Å². The number of methoxy groups -OCH3 is 1. The van der Waals surface area contributed by atoms with Crippen molar-refractivity contribution in [2.75, 3.05) is 19.0 Å². The number of hydrogen-bond acceptors (Lipinski definition) is 4. The summed E-state index contributed by atoms with van der Waals surface area (Å²) in [5, 5.41) is 3.45. The fourth-order valence-corrected chi connectivity index (χ4v) is 3.64. The summed E-state index contributed by atoms with van der Waals surface area (Å²) in [6.45, 7) is 2.91. The molecule has 0 aromatic heterocycles. The van der Waals surface area contributed by atoms with Gasteiger partial charge in [-0.2, -0.15) is 0 Å². The van der Waals surface area contributed by atoms with Crippen LogP contribution in [0.15, 0.2) is 66.7 Å². The monoisotopic (exact) mass is 359 g/mol. The minimum atomic E-state index is -0.331. The summed E-state index contributed by atoms with van der Waals surface area (Å²) in [6, 6.07) is 21.8. The number of benzene rings is 3. The van der Waals surface area contributed by atoms with Crippen LogP contribution in [0.2, 0.25) is 0 Å². The molecule has 0 fully saturated rings. The fourth-order valence-electron chi connectivity index (χ4n) is 3.64. The van der Waals surface area contributed by atoms with E-state index in [0.29, 0.717) is 5.56 Å². The number of fused-ring (bicyclic) bond motifs is 2. The van der Waals surface area contributed by atoms with E-state index in [4.69, 9.17) is 9.47 Å². The van der Waals surface area contributed by atoms with Gasteiger partial charge in [0.15, 0.2) is 0 Å². The molecule has 0 radical (unpaired) electrons. The lowest BCUT2D eigenvalue weighted by atomic mass is 9.81. The summed E-state index contributed by atoms with van der Waals surface area (Å²) in [5.41, 5.74) is 4.93. The van der Waals surface area contributed by atoms with Crippen LogP contribution >= 0.6 is 0 Å². The van der Waals surface area contributed by atoms with Crippen LogP contribution < -0.4 is 10.1 Å². The molecule has 3 aromatic rings. The second-order valence-electron chi connectivity index (χ2n) is 6.43. The maximum Gasteiger partial charge on any atom is 0.337 e. The molecule has 3 aromatic carbocycles.